The van der Waals surface area contributed by atoms with Crippen molar-refractivity contribution in [2.24, 2.45) is 5.92 Å². The van der Waals surface area contributed by atoms with Crippen LogP contribution < -0.4 is 5.32 Å². The second-order valence-electron chi connectivity index (χ2n) is 7.36. The Kier molecular flexibility index (Phi) is 7.59. The molecule has 1 aliphatic heterocycles. The summed E-state index contributed by atoms with van der Waals surface area (Å²) in [4.78, 5) is 26.3. The molecule has 1 heterocycles. The molecule has 166 valence electrons. The molecule has 0 radical (unpaired) electrons. The molecule has 2 aromatic rings. The largest absolute Gasteiger partial charge is 0.336 e. The molecule has 0 saturated carbocycles. The van der Waals surface area contributed by atoms with E-state index >= 15 is 0 Å². The quantitative estimate of drug-likeness (QED) is 0.680. The van der Waals surface area contributed by atoms with Gasteiger partial charge in [-0.05, 0) is 43.2 Å². The number of rotatable bonds is 6. The molecule has 2 amide bonds. The first kappa shape index (κ1) is 23.5. The van der Waals surface area contributed by atoms with Crippen molar-refractivity contribution < 1.29 is 18.0 Å². The summed E-state index contributed by atoms with van der Waals surface area (Å²) in [5, 5.41) is 3.13. The van der Waals surface area contributed by atoms with Crippen LogP contribution in [0.5, 0.6) is 0 Å². The van der Waals surface area contributed by atoms with Crippen LogP contribution in [0, 0.1) is 5.92 Å². The Morgan fingerprint density at radius 1 is 1.10 bits per heavy atom. The lowest BCUT2D eigenvalue weighted by Gasteiger charge is -2.32. The summed E-state index contributed by atoms with van der Waals surface area (Å²) in [7, 11) is -2.24. The van der Waals surface area contributed by atoms with Gasteiger partial charge in [-0.1, -0.05) is 41.4 Å². The first-order chi connectivity index (χ1) is 14.7. The van der Waals surface area contributed by atoms with E-state index in [1.54, 1.807) is 19.2 Å². The molecule has 7 nitrogen and oxygen atoms in total. The normalized spacial score (nSPS) is 15.5. The Hall–Kier alpha value is -2.13. The third kappa shape index (κ3) is 5.77. The molecule has 0 atom stereocenters. The van der Waals surface area contributed by atoms with Crippen LogP contribution in [-0.4, -0.2) is 56.1 Å². The predicted octanol–water partition coefficient (Wildman–Crippen LogP) is 3.49. The van der Waals surface area contributed by atoms with E-state index in [0.29, 0.717) is 18.5 Å². The van der Waals surface area contributed by atoms with Crippen molar-refractivity contribution in [3.63, 3.8) is 0 Å². The molecule has 0 unspecified atom stereocenters. The number of nitrogens with one attached hydrogen (secondary N) is 1. The Balaban J connectivity index is 1.56. The van der Waals surface area contributed by atoms with Gasteiger partial charge in [0.15, 0.2) is 0 Å². The number of hydrogen-bond donors (Lipinski definition) is 1. The Morgan fingerprint density at radius 2 is 1.74 bits per heavy atom. The Morgan fingerprint density at radius 3 is 2.39 bits per heavy atom. The third-order valence-electron chi connectivity index (χ3n) is 5.13. The monoisotopic (exact) mass is 483 g/mol. The molecule has 10 heteroatoms. The lowest BCUT2D eigenvalue weighted by molar-refractivity contribution is -0.138. The van der Waals surface area contributed by atoms with Gasteiger partial charge in [-0.15, -0.1) is 0 Å². The van der Waals surface area contributed by atoms with Gasteiger partial charge in [-0.25, -0.2) is 8.42 Å². The van der Waals surface area contributed by atoms with Gasteiger partial charge in [0.1, 0.15) is 4.90 Å². The summed E-state index contributed by atoms with van der Waals surface area (Å²) in [5.41, 5.74) is 0.659. The van der Waals surface area contributed by atoms with E-state index in [9.17, 15) is 18.0 Å². The van der Waals surface area contributed by atoms with Gasteiger partial charge >= 0.3 is 0 Å². The molecule has 1 N–H and O–H groups in total. The molecule has 0 spiro atoms. The fraction of sp³-hybridized carbons (Fsp3) is 0.333. The topological polar surface area (TPSA) is 86.8 Å². The fourth-order valence-corrected chi connectivity index (χ4v) is 5.69. The molecule has 0 bridgehead atoms. The average molecular weight is 484 g/mol. The lowest BCUT2D eigenvalue weighted by Crippen LogP contribution is -2.45. The number of likely N-dealkylation sites (N-methyl/N-ethyl adjacent to an activating group) is 1. The first-order valence-electron chi connectivity index (χ1n) is 9.73. The number of para-hydroxylation sites is 1. The number of nitrogens with zero attached hydrogens (tertiary/aromatic N) is 2. The third-order valence-corrected chi connectivity index (χ3v) is 7.74. The van der Waals surface area contributed by atoms with Crippen molar-refractivity contribution in [2.75, 3.05) is 32.0 Å². The molecule has 3 rings (SSSR count). The van der Waals surface area contributed by atoms with Crippen LogP contribution >= 0.6 is 23.2 Å². The maximum absolute atomic E-state index is 12.9. The molecule has 2 aromatic carbocycles. The summed E-state index contributed by atoms with van der Waals surface area (Å²) in [6.07, 6.45) is 0.724. The van der Waals surface area contributed by atoms with Crippen LogP contribution in [0.15, 0.2) is 53.4 Å². The number of carbonyl (C=O) groups is 2. The Bertz CT molecular complexity index is 1060. The van der Waals surface area contributed by atoms with Gasteiger partial charge < -0.3 is 10.2 Å². The highest BCUT2D eigenvalue weighted by molar-refractivity contribution is 7.89. The molecular weight excluding hydrogens is 461 g/mol. The summed E-state index contributed by atoms with van der Waals surface area (Å²) in [6.45, 7) is 0.293. The Labute approximate surface area is 192 Å². The molecule has 1 aliphatic rings. The summed E-state index contributed by atoms with van der Waals surface area (Å²) in [5.74, 6) is -0.825. The number of piperidine rings is 1. The van der Waals surface area contributed by atoms with Crippen LogP contribution in [0.4, 0.5) is 5.69 Å². The summed E-state index contributed by atoms with van der Waals surface area (Å²) >= 11 is 12.0. The standard InChI is InChI=1S/C21H23Cl2N3O4S/c1-25(14-20(27)24-17-5-3-2-4-6-17)21(28)15-9-11-26(12-10-15)31(29,30)19-13-16(22)7-8-18(19)23/h2-8,13,15H,9-12,14H2,1H3,(H,24,27). The van der Waals surface area contributed by atoms with Crippen LogP contribution in [0.2, 0.25) is 10.0 Å². The highest BCUT2D eigenvalue weighted by Crippen LogP contribution is 2.30. The molecule has 0 aliphatic carbocycles. The van der Waals surface area contributed by atoms with Gasteiger partial charge in [0.05, 0.1) is 11.6 Å². The zero-order valence-electron chi connectivity index (χ0n) is 16.9. The zero-order chi connectivity index (χ0) is 22.6. The number of benzene rings is 2. The number of sulfonamides is 1. The predicted molar refractivity (Wildman–Crippen MR) is 121 cm³/mol. The molecule has 31 heavy (non-hydrogen) atoms. The number of hydrogen-bond acceptors (Lipinski definition) is 4. The maximum atomic E-state index is 12.9. The molecule has 0 aromatic heterocycles. The first-order valence-corrected chi connectivity index (χ1v) is 11.9. The minimum atomic E-state index is -3.81. The van der Waals surface area contributed by atoms with Crippen molar-refractivity contribution >= 4 is 50.7 Å². The van der Waals surface area contributed by atoms with Crippen LogP contribution in [0.25, 0.3) is 0 Å². The smallest absolute Gasteiger partial charge is 0.244 e. The van der Waals surface area contributed by atoms with Gasteiger partial charge in [0.2, 0.25) is 21.8 Å². The van der Waals surface area contributed by atoms with E-state index < -0.39 is 10.0 Å². The van der Waals surface area contributed by atoms with Crippen molar-refractivity contribution in [3.8, 4) is 0 Å². The lowest BCUT2D eigenvalue weighted by atomic mass is 9.96. The number of amides is 2. The number of anilines is 1. The van der Waals surface area contributed by atoms with Crippen LogP contribution in [0.1, 0.15) is 12.8 Å². The van der Waals surface area contributed by atoms with Crippen molar-refractivity contribution in [3.05, 3.63) is 58.6 Å². The van der Waals surface area contributed by atoms with Gasteiger partial charge in [0, 0.05) is 36.8 Å². The van der Waals surface area contributed by atoms with Crippen molar-refractivity contribution in [2.45, 2.75) is 17.7 Å². The van der Waals surface area contributed by atoms with E-state index in [1.807, 2.05) is 18.2 Å². The second-order valence-corrected chi connectivity index (χ2v) is 10.1. The van der Waals surface area contributed by atoms with E-state index in [0.717, 1.165) is 0 Å². The zero-order valence-corrected chi connectivity index (χ0v) is 19.3. The number of halogens is 2. The number of carbonyl (C=O) groups excluding carboxylic acids is 2. The van der Waals surface area contributed by atoms with Gasteiger partial charge in [-0.3, -0.25) is 9.59 Å². The maximum Gasteiger partial charge on any atom is 0.244 e. The fourth-order valence-electron chi connectivity index (χ4n) is 3.48. The van der Waals surface area contributed by atoms with Crippen molar-refractivity contribution in [1.29, 1.82) is 0 Å². The second kappa shape index (κ2) is 9.99. The summed E-state index contributed by atoms with van der Waals surface area (Å²) in [6, 6.07) is 13.3. The summed E-state index contributed by atoms with van der Waals surface area (Å²) < 4.78 is 27.2. The average Bonchev–Trinajstić information content (AvgIpc) is 2.75. The van der Waals surface area contributed by atoms with Crippen molar-refractivity contribution in [1.82, 2.24) is 9.21 Å². The van der Waals surface area contributed by atoms with Gasteiger partial charge in [0.25, 0.3) is 0 Å². The molecule has 1 fully saturated rings. The minimum absolute atomic E-state index is 0.0406. The van der Waals surface area contributed by atoms with E-state index in [-0.39, 0.29) is 52.3 Å². The SMILES string of the molecule is CN(CC(=O)Nc1ccccc1)C(=O)C1CCN(S(=O)(=O)c2cc(Cl)ccc2Cl)CC1. The minimum Gasteiger partial charge on any atom is -0.336 e. The van der Waals surface area contributed by atoms with Crippen LogP contribution in [0.3, 0.4) is 0 Å². The molecule has 1 saturated heterocycles. The molecular formula is C21H23Cl2N3O4S. The van der Waals surface area contributed by atoms with E-state index in [1.165, 1.54) is 27.4 Å². The highest BCUT2D eigenvalue weighted by atomic mass is 35.5. The van der Waals surface area contributed by atoms with E-state index in [4.69, 9.17) is 23.2 Å². The van der Waals surface area contributed by atoms with Crippen LogP contribution in [-0.2, 0) is 19.6 Å². The van der Waals surface area contributed by atoms with Gasteiger partial charge in [-0.2, -0.15) is 4.31 Å². The van der Waals surface area contributed by atoms with E-state index in [2.05, 4.69) is 5.32 Å². The highest BCUT2D eigenvalue weighted by Gasteiger charge is 2.34.